The second-order valence-electron chi connectivity index (χ2n) is 3.49. The van der Waals surface area contributed by atoms with Crippen LogP contribution in [0.2, 0.25) is 5.15 Å². The van der Waals surface area contributed by atoms with Gasteiger partial charge in [0.2, 0.25) is 0 Å². The van der Waals surface area contributed by atoms with E-state index < -0.39 is 0 Å². The first-order valence-corrected chi connectivity index (χ1v) is 4.75. The van der Waals surface area contributed by atoms with Crippen molar-refractivity contribution in [1.29, 1.82) is 0 Å². The molecular weight excluding hydrogens is 198 g/mol. The lowest BCUT2D eigenvalue weighted by Crippen LogP contribution is -2.06. The summed E-state index contributed by atoms with van der Waals surface area (Å²) in [4.78, 5) is 14.1. The van der Waals surface area contributed by atoms with Crippen molar-refractivity contribution < 1.29 is 0 Å². The molecule has 0 aliphatic rings. The predicted molar refractivity (Wildman–Crippen MR) is 59.1 cm³/mol. The van der Waals surface area contributed by atoms with Gasteiger partial charge in [0.1, 0.15) is 5.15 Å². The number of halogens is 1. The third-order valence-corrected chi connectivity index (χ3v) is 2.48. The van der Waals surface area contributed by atoms with E-state index >= 15 is 0 Å². The quantitative estimate of drug-likeness (QED) is 0.662. The molecule has 1 N–H and O–H groups in total. The number of fused-ring (bicyclic) bond motifs is 1. The Morgan fingerprint density at radius 2 is 1.86 bits per heavy atom. The molecular formula is C11H10ClNO. The second-order valence-corrected chi connectivity index (χ2v) is 3.90. The minimum Gasteiger partial charge on any atom is -0.312 e. The lowest BCUT2D eigenvalue weighted by Gasteiger charge is -2.03. The third-order valence-electron chi connectivity index (χ3n) is 2.28. The number of pyridine rings is 1. The van der Waals surface area contributed by atoms with Gasteiger partial charge < -0.3 is 4.98 Å². The van der Waals surface area contributed by atoms with Gasteiger partial charge in [0.25, 0.3) is 5.56 Å². The molecule has 2 nitrogen and oxygen atoms in total. The van der Waals surface area contributed by atoms with Gasteiger partial charge in [-0.2, -0.15) is 0 Å². The van der Waals surface area contributed by atoms with Crippen molar-refractivity contribution in [2.75, 3.05) is 0 Å². The number of aromatic nitrogens is 1. The van der Waals surface area contributed by atoms with E-state index in [9.17, 15) is 4.79 Å². The number of aryl methyl sites for hydroxylation is 2. The molecule has 0 amide bonds. The van der Waals surface area contributed by atoms with Crippen molar-refractivity contribution in [1.82, 2.24) is 4.98 Å². The molecule has 0 spiro atoms. The summed E-state index contributed by atoms with van der Waals surface area (Å²) in [5, 5.41) is 2.01. The molecule has 2 aromatic rings. The average Bonchev–Trinajstić information content (AvgIpc) is 2.07. The fraction of sp³-hybridized carbons (Fsp3) is 0.182. The van der Waals surface area contributed by atoms with Gasteiger partial charge in [0.15, 0.2) is 0 Å². The lowest BCUT2D eigenvalue weighted by atomic mass is 10.0. The SMILES string of the molecule is Cc1cc(C)c2cc(Cl)[nH]c(=O)c2c1. The van der Waals surface area contributed by atoms with Gasteiger partial charge in [-0.1, -0.05) is 23.2 Å². The number of rotatable bonds is 0. The van der Waals surface area contributed by atoms with Crippen LogP contribution >= 0.6 is 11.6 Å². The molecule has 1 heterocycles. The Balaban J connectivity index is 3.02. The van der Waals surface area contributed by atoms with Crippen LogP contribution in [-0.2, 0) is 0 Å². The van der Waals surface area contributed by atoms with Crippen molar-refractivity contribution in [3.05, 3.63) is 44.8 Å². The van der Waals surface area contributed by atoms with E-state index in [1.807, 2.05) is 26.0 Å². The van der Waals surface area contributed by atoms with E-state index in [1.54, 1.807) is 6.07 Å². The van der Waals surface area contributed by atoms with Gasteiger partial charge in [0.05, 0.1) is 0 Å². The first-order chi connectivity index (χ1) is 6.58. The lowest BCUT2D eigenvalue weighted by molar-refractivity contribution is 1.27. The summed E-state index contributed by atoms with van der Waals surface area (Å²) < 4.78 is 0. The van der Waals surface area contributed by atoms with Gasteiger partial charge in [-0.25, -0.2) is 0 Å². The normalized spacial score (nSPS) is 10.8. The summed E-state index contributed by atoms with van der Waals surface area (Å²) in [6.45, 7) is 3.95. The number of aromatic amines is 1. The fourth-order valence-electron chi connectivity index (χ4n) is 1.70. The molecule has 0 bridgehead atoms. The number of hydrogen-bond acceptors (Lipinski definition) is 1. The van der Waals surface area contributed by atoms with Crippen molar-refractivity contribution in [3.63, 3.8) is 0 Å². The van der Waals surface area contributed by atoms with Crippen molar-refractivity contribution in [2.45, 2.75) is 13.8 Å². The van der Waals surface area contributed by atoms with Crippen LogP contribution in [0.3, 0.4) is 0 Å². The van der Waals surface area contributed by atoms with E-state index in [0.29, 0.717) is 10.5 Å². The smallest absolute Gasteiger partial charge is 0.256 e. The molecule has 0 saturated heterocycles. The van der Waals surface area contributed by atoms with E-state index in [-0.39, 0.29) is 5.56 Å². The maximum absolute atomic E-state index is 11.6. The number of hydrogen-bond donors (Lipinski definition) is 1. The summed E-state index contributed by atoms with van der Waals surface area (Å²) in [6, 6.07) is 5.70. The summed E-state index contributed by atoms with van der Waals surface area (Å²) in [6.07, 6.45) is 0. The Morgan fingerprint density at radius 3 is 2.57 bits per heavy atom. The van der Waals surface area contributed by atoms with Crippen LogP contribution in [0.25, 0.3) is 10.8 Å². The molecule has 0 radical (unpaired) electrons. The average molecular weight is 208 g/mol. The first kappa shape index (κ1) is 9.28. The zero-order valence-corrected chi connectivity index (χ0v) is 8.77. The molecule has 72 valence electrons. The molecule has 0 unspecified atom stereocenters. The van der Waals surface area contributed by atoms with Gasteiger partial charge in [-0.3, -0.25) is 4.79 Å². The summed E-state index contributed by atoms with van der Waals surface area (Å²) >= 11 is 5.78. The van der Waals surface area contributed by atoms with Crippen LogP contribution in [0, 0.1) is 13.8 Å². The monoisotopic (exact) mass is 207 g/mol. The highest BCUT2D eigenvalue weighted by Crippen LogP contribution is 2.19. The van der Waals surface area contributed by atoms with E-state index in [1.165, 1.54) is 0 Å². The van der Waals surface area contributed by atoms with Crippen LogP contribution in [0.15, 0.2) is 23.0 Å². The summed E-state index contributed by atoms with van der Waals surface area (Å²) in [5.41, 5.74) is 2.04. The Kier molecular flexibility index (Phi) is 2.08. The van der Waals surface area contributed by atoms with E-state index in [2.05, 4.69) is 4.98 Å². The van der Waals surface area contributed by atoms with Crippen molar-refractivity contribution in [3.8, 4) is 0 Å². The highest BCUT2D eigenvalue weighted by Gasteiger charge is 2.03. The molecule has 1 aromatic carbocycles. The first-order valence-electron chi connectivity index (χ1n) is 4.38. The van der Waals surface area contributed by atoms with Crippen molar-refractivity contribution >= 4 is 22.4 Å². The Hall–Kier alpha value is -1.28. The van der Waals surface area contributed by atoms with Crippen LogP contribution in [0.5, 0.6) is 0 Å². The molecule has 0 aliphatic heterocycles. The number of H-pyrrole nitrogens is 1. The van der Waals surface area contributed by atoms with E-state index in [0.717, 1.165) is 16.5 Å². The maximum Gasteiger partial charge on any atom is 0.256 e. The van der Waals surface area contributed by atoms with Gasteiger partial charge >= 0.3 is 0 Å². The zero-order valence-electron chi connectivity index (χ0n) is 8.02. The fourth-order valence-corrected chi connectivity index (χ4v) is 1.89. The molecule has 2 rings (SSSR count). The molecule has 14 heavy (non-hydrogen) atoms. The van der Waals surface area contributed by atoms with Gasteiger partial charge in [-0.15, -0.1) is 0 Å². The molecule has 1 aromatic heterocycles. The molecule has 0 fully saturated rings. The highest BCUT2D eigenvalue weighted by atomic mass is 35.5. The summed E-state index contributed by atoms with van der Waals surface area (Å²) in [5.74, 6) is 0. The molecule has 0 atom stereocenters. The van der Waals surface area contributed by atoms with Gasteiger partial charge in [0, 0.05) is 5.39 Å². The maximum atomic E-state index is 11.6. The Bertz CT molecular complexity index is 557. The summed E-state index contributed by atoms with van der Waals surface area (Å²) in [7, 11) is 0. The third kappa shape index (κ3) is 1.42. The van der Waals surface area contributed by atoms with Crippen LogP contribution < -0.4 is 5.56 Å². The largest absolute Gasteiger partial charge is 0.312 e. The topological polar surface area (TPSA) is 32.9 Å². The van der Waals surface area contributed by atoms with Gasteiger partial charge in [-0.05, 0) is 36.9 Å². The number of nitrogens with one attached hydrogen (secondary N) is 1. The zero-order chi connectivity index (χ0) is 10.3. The molecule has 0 aliphatic carbocycles. The molecule has 0 saturated carbocycles. The standard InChI is InChI=1S/C11H10ClNO/c1-6-3-7(2)8-5-10(12)13-11(14)9(8)4-6/h3-5H,1-2H3,(H,13,14). The van der Waals surface area contributed by atoms with Crippen molar-refractivity contribution in [2.24, 2.45) is 0 Å². The van der Waals surface area contributed by atoms with Crippen LogP contribution in [0.1, 0.15) is 11.1 Å². The van der Waals surface area contributed by atoms with E-state index in [4.69, 9.17) is 11.6 Å². The van der Waals surface area contributed by atoms with Crippen LogP contribution in [-0.4, -0.2) is 4.98 Å². The minimum atomic E-state index is -0.126. The number of benzene rings is 1. The highest BCUT2D eigenvalue weighted by molar-refractivity contribution is 6.30. The predicted octanol–water partition coefficient (Wildman–Crippen LogP) is 2.80. The molecule has 3 heteroatoms. The Morgan fingerprint density at radius 1 is 1.14 bits per heavy atom. The van der Waals surface area contributed by atoms with Crippen LogP contribution in [0.4, 0.5) is 0 Å². The minimum absolute atomic E-state index is 0.126. The second kappa shape index (κ2) is 3.14. The Labute approximate surface area is 86.5 Å².